The van der Waals surface area contributed by atoms with Crippen LogP contribution in [-0.4, -0.2) is 25.4 Å². The zero-order valence-electron chi connectivity index (χ0n) is 14.2. The van der Waals surface area contributed by atoms with Gasteiger partial charge in [-0.15, -0.1) is 0 Å². The normalized spacial score (nSPS) is 15.3. The van der Waals surface area contributed by atoms with Crippen molar-refractivity contribution in [2.45, 2.75) is 51.4 Å². The molecule has 0 radical (unpaired) electrons. The van der Waals surface area contributed by atoms with Crippen molar-refractivity contribution in [3.63, 3.8) is 0 Å². The van der Waals surface area contributed by atoms with Gasteiger partial charge < -0.3 is 15.4 Å². The first-order valence-corrected chi connectivity index (χ1v) is 8.66. The largest absolute Gasteiger partial charge is 0.411 e. The summed E-state index contributed by atoms with van der Waals surface area (Å²) in [6.45, 7) is -0.281. The third kappa shape index (κ3) is 8.25. The second-order valence-corrected chi connectivity index (χ2v) is 6.47. The minimum atomic E-state index is -4.31. The highest BCUT2D eigenvalue weighted by molar-refractivity contribution is 5.73. The van der Waals surface area contributed by atoms with E-state index in [0.717, 1.165) is 17.9 Å². The number of benzene rings is 1. The van der Waals surface area contributed by atoms with E-state index in [4.69, 9.17) is 0 Å². The molecule has 0 unspecified atom stereocenters. The third-order valence-electron chi connectivity index (χ3n) is 4.32. The number of carbonyl (C=O) groups is 1. The van der Waals surface area contributed by atoms with Crippen molar-refractivity contribution in [3.8, 4) is 0 Å². The Morgan fingerprint density at radius 3 is 2.36 bits per heavy atom. The number of amides is 2. The first-order valence-electron chi connectivity index (χ1n) is 8.66. The molecular formula is C18H25F3N2O2. The molecule has 1 aliphatic carbocycles. The van der Waals surface area contributed by atoms with Crippen LogP contribution in [0.2, 0.25) is 0 Å². The Balaban J connectivity index is 1.60. The molecule has 0 atom stereocenters. The molecule has 25 heavy (non-hydrogen) atoms. The predicted molar refractivity (Wildman–Crippen MR) is 89.0 cm³/mol. The Labute approximate surface area is 146 Å². The van der Waals surface area contributed by atoms with Crippen molar-refractivity contribution in [2.24, 2.45) is 5.92 Å². The molecule has 0 aliphatic heterocycles. The van der Waals surface area contributed by atoms with Gasteiger partial charge in [0, 0.05) is 13.1 Å². The molecule has 0 aromatic heterocycles. The quantitative estimate of drug-likeness (QED) is 0.734. The van der Waals surface area contributed by atoms with Crippen LogP contribution in [0.15, 0.2) is 24.3 Å². The summed E-state index contributed by atoms with van der Waals surface area (Å²) in [6, 6.07) is 6.74. The highest BCUT2D eigenvalue weighted by Crippen LogP contribution is 2.26. The molecule has 1 saturated carbocycles. The van der Waals surface area contributed by atoms with E-state index in [0.29, 0.717) is 18.7 Å². The molecule has 7 heteroatoms. The number of ether oxygens (including phenoxy) is 1. The van der Waals surface area contributed by atoms with Gasteiger partial charge in [0.05, 0.1) is 6.61 Å². The second-order valence-electron chi connectivity index (χ2n) is 6.47. The zero-order valence-corrected chi connectivity index (χ0v) is 14.2. The fraction of sp³-hybridized carbons (Fsp3) is 0.611. The number of nitrogens with one attached hydrogen (secondary N) is 2. The molecule has 4 nitrogen and oxygen atoms in total. The minimum Gasteiger partial charge on any atom is -0.367 e. The van der Waals surface area contributed by atoms with Gasteiger partial charge in [0.25, 0.3) is 0 Å². The van der Waals surface area contributed by atoms with Gasteiger partial charge in [-0.2, -0.15) is 13.2 Å². The number of carbonyl (C=O) groups excluding carboxylic acids is 1. The van der Waals surface area contributed by atoms with E-state index in [1.165, 1.54) is 25.7 Å². The summed E-state index contributed by atoms with van der Waals surface area (Å²) in [4.78, 5) is 11.7. The topological polar surface area (TPSA) is 50.4 Å². The van der Waals surface area contributed by atoms with Crippen molar-refractivity contribution in [3.05, 3.63) is 35.4 Å². The Morgan fingerprint density at radius 2 is 1.72 bits per heavy atom. The van der Waals surface area contributed by atoms with E-state index in [2.05, 4.69) is 15.4 Å². The summed E-state index contributed by atoms with van der Waals surface area (Å²) in [5.74, 6) is 0.743. The monoisotopic (exact) mass is 358 g/mol. The minimum absolute atomic E-state index is 0.0884. The lowest BCUT2D eigenvalue weighted by atomic mass is 10.0. The molecule has 140 valence electrons. The average Bonchev–Trinajstić information content (AvgIpc) is 3.06. The summed E-state index contributed by atoms with van der Waals surface area (Å²) in [6.07, 6.45) is 1.85. The number of halogens is 3. The smallest absolute Gasteiger partial charge is 0.367 e. The highest BCUT2D eigenvalue weighted by atomic mass is 19.4. The van der Waals surface area contributed by atoms with Crippen LogP contribution in [-0.2, 0) is 17.9 Å². The predicted octanol–water partition coefficient (Wildman–Crippen LogP) is 4.15. The van der Waals surface area contributed by atoms with Gasteiger partial charge in [-0.25, -0.2) is 4.79 Å². The van der Waals surface area contributed by atoms with Crippen LogP contribution in [0.3, 0.4) is 0 Å². The van der Waals surface area contributed by atoms with Crippen LogP contribution < -0.4 is 10.6 Å². The van der Waals surface area contributed by atoms with Crippen LogP contribution in [0.5, 0.6) is 0 Å². The van der Waals surface area contributed by atoms with Crippen molar-refractivity contribution in [1.82, 2.24) is 10.6 Å². The maximum atomic E-state index is 12.0. The lowest BCUT2D eigenvalue weighted by Gasteiger charge is -2.11. The molecule has 2 N–H and O–H groups in total. The molecule has 1 aromatic carbocycles. The van der Waals surface area contributed by atoms with Crippen molar-refractivity contribution >= 4 is 6.03 Å². The lowest BCUT2D eigenvalue weighted by Crippen LogP contribution is -2.36. The summed E-state index contributed by atoms with van der Waals surface area (Å²) in [5, 5.41) is 5.63. The first kappa shape index (κ1) is 19.6. The lowest BCUT2D eigenvalue weighted by molar-refractivity contribution is -0.176. The highest BCUT2D eigenvalue weighted by Gasteiger charge is 2.27. The Hall–Kier alpha value is -1.76. The number of urea groups is 1. The fourth-order valence-corrected chi connectivity index (χ4v) is 2.97. The molecule has 0 heterocycles. The van der Waals surface area contributed by atoms with Crippen LogP contribution in [0.1, 0.15) is 43.2 Å². The molecule has 1 fully saturated rings. The third-order valence-corrected chi connectivity index (χ3v) is 4.32. The summed E-state index contributed by atoms with van der Waals surface area (Å²) < 4.78 is 40.6. The number of rotatable bonds is 8. The molecule has 0 saturated heterocycles. The van der Waals surface area contributed by atoms with Crippen LogP contribution in [0.25, 0.3) is 0 Å². The summed E-state index contributed by atoms with van der Waals surface area (Å²) >= 11 is 0. The van der Waals surface area contributed by atoms with E-state index in [1.54, 1.807) is 24.3 Å². The van der Waals surface area contributed by atoms with Crippen molar-refractivity contribution < 1.29 is 22.7 Å². The standard InChI is InChI=1S/C18H25F3N2O2/c19-18(20,21)13-25-12-16-7-5-15(6-8-16)11-23-17(24)22-10-9-14-3-1-2-4-14/h5-8,14H,1-4,9-13H2,(H2,22,23,24). The fourth-order valence-electron chi connectivity index (χ4n) is 2.97. The molecule has 0 bridgehead atoms. The average molecular weight is 358 g/mol. The number of alkyl halides is 3. The van der Waals surface area contributed by atoms with Gasteiger partial charge in [-0.1, -0.05) is 49.9 Å². The molecule has 2 rings (SSSR count). The van der Waals surface area contributed by atoms with E-state index in [9.17, 15) is 18.0 Å². The van der Waals surface area contributed by atoms with Crippen molar-refractivity contribution in [2.75, 3.05) is 13.2 Å². The van der Waals surface area contributed by atoms with Crippen LogP contribution in [0.4, 0.5) is 18.0 Å². The first-order chi connectivity index (χ1) is 11.9. The van der Waals surface area contributed by atoms with Gasteiger partial charge in [0.15, 0.2) is 0 Å². The van der Waals surface area contributed by atoms with Gasteiger partial charge in [-0.05, 0) is 23.5 Å². The molecule has 1 aliphatic rings. The maximum Gasteiger partial charge on any atom is 0.411 e. The van der Waals surface area contributed by atoms with E-state index in [1.807, 2.05) is 0 Å². The van der Waals surface area contributed by atoms with Gasteiger partial charge >= 0.3 is 12.2 Å². The van der Waals surface area contributed by atoms with Crippen LogP contribution in [0, 0.1) is 5.92 Å². The zero-order chi connectivity index (χ0) is 18.1. The summed E-state index contributed by atoms with van der Waals surface area (Å²) in [7, 11) is 0. The maximum absolute atomic E-state index is 12.0. The molecule has 1 aromatic rings. The van der Waals surface area contributed by atoms with E-state index in [-0.39, 0.29) is 12.6 Å². The van der Waals surface area contributed by atoms with Gasteiger partial charge in [0.2, 0.25) is 0 Å². The van der Waals surface area contributed by atoms with Gasteiger partial charge in [-0.3, -0.25) is 0 Å². The molecule has 2 amide bonds. The molecular weight excluding hydrogens is 333 g/mol. The Morgan fingerprint density at radius 1 is 1.08 bits per heavy atom. The second kappa shape index (κ2) is 9.65. The number of hydrogen-bond donors (Lipinski definition) is 2. The molecule has 0 spiro atoms. The van der Waals surface area contributed by atoms with Gasteiger partial charge in [0.1, 0.15) is 6.61 Å². The number of hydrogen-bond acceptors (Lipinski definition) is 2. The van der Waals surface area contributed by atoms with Crippen LogP contribution >= 0.6 is 0 Å². The van der Waals surface area contributed by atoms with E-state index >= 15 is 0 Å². The van der Waals surface area contributed by atoms with Crippen molar-refractivity contribution in [1.29, 1.82) is 0 Å². The summed E-state index contributed by atoms with van der Waals surface area (Å²) in [5.41, 5.74) is 1.54. The Kier molecular flexibility index (Phi) is 7.55. The Bertz CT molecular complexity index is 526. The van der Waals surface area contributed by atoms with E-state index < -0.39 is 12.8 Å². The SMILES string of the molecule is O=C(NCCC1CCCC1)NCc1ccc(COCC(F)(F)F)cc1.